The number of carbonyl (C=O) groups excluding carboxylic acids is 2. The molecule has 0 saturated carbocycles. The van der Waals surface area contributed by atoms with Crippen molar-refractivity contribution in [3.05, 3.63) is 35.1 Å². The van der Waals surface area contributed by atoms with Crippen molar-refractivity contribution in [3.63, 3.8) is 0 Å². The second kappa shape index (κ2) is 6.96. The highest BCUT2D eigenvalue weighted by molar-refractivity contribution is 5.83. The van der Waals surface area contributed by atoms with Crippen molar-refractivity contribution in [2.24, 2.45) is 0 Å². The molecule has 0 aromatic heterocycles. The number of benzene rings is 1. The number of hydrogen-bond acceptors (Lipinski definition) is 9. The van der Waals surface area contributed by atoms with E-state index in [0.29, 0.717) is 36.5 Å². The Balaban J connectivity index is 1.36. The molecule has 1 aromatic rings. The Hall–Kier alpha value is -2.62. The van der Waals surface area contributed by atoms with Crippen molar-refractivity contribution in [1.29, 1.82) is 0 Å². The van der Waals surface area contributed by atoms with E-state index in [1.165, 1.54) is 0 Å². The standard InChI is InChI=1S/C25H29NO8/c1-23(2)33-16(22(28)34-23)12-18(27)31-15-7-8-25(29)17-11-13-5-6-14(30-4)20-19(13)24(25,21(15)32-20)9-10-26(17)3/h5-7,16-17,21,29H,8-12H2,1-4H3/t16?,17-,21+,24+,25-/m1/s1. The summed E-state index contributed by atoms with van der Waals surface area (Å²) in [5.41, 5.74) is 0.260. The molecule has 1 spiro atoms. The van der Waals surface area contributed by atoms with Crippen LogP contribution in [0, 0.1) is 0 Å². The van der Waals surface area contributed by atoms with Crippen LogP contribution in [0.5, 0.6) is 11.5 Å². The number of methoxy groups -OCH3 is 1. The number of hydrogen-bond donors (Lipinski definition) is 1. The molecule has 2 aliphatic carbocycles. The van der Waals surface area contributed by atoms with Crippen molar-refractivity contribution in [1.82, 2.24) is 4.90 Å². The van der Waals surface area contributed by atoms with Crippen LogP contribution in [0.1, 0.15) is 44.2 Å². The molecule has 2 saturated heterocycles. The highest BCUT2D eigenvalue weighted by atomic mass is 16.8. The molecule has 1 aromatic carbocycles. The highest BCUT2D eigenvalue weighted by Crippen LogP contribution is 2.65. The molecule has 3 aliphatic heterocycles. The molecule has 5 atom stereocenters. The predicted octanol–water partition coefficient (Wildman–Crippen LogP) is 1.58. The molecule has 2 fully saturated rings. The van der Waals surface area contributed by atoms with Crippen molar-refractivity contribution in [3.8, 4) is 11.5 Å². The zero-order chi connectivity index (χ0) is 24.0. The molecule has 5 aliphatic rings. The molecule has 1 N–H and O–H groups in total. The minimum atomic E-state index is -1.08. The van der Waals surface area contributed by atoms with Crippen LogP contribution in [-0.2, 0) is 35.6 Å². The normalized spacial score (nSPS) is 36.8. The van der Waals surface area contributed by atoms with Gasteiger partial charge in [0.2, 0.25) is 5.79 Å². The Morgan fingerprint density at radius 2 is 2.12 bits per heavy atom. The third-order valence-electron chi connectivity index (χ3n) is 8.18. The topological polar surface area (TPSA) is 104 Å². The van der Waals surface area contributed by atoms with Gasteiger partial charge in [-0.1, -0.05) is 6.07 Å². The summed E-state index contributed by atoms with van der Waals surface area (Å²) >= 11 is 0. The number of esters is 2. The number of likely N-dealkylation sites (N-methyl/N-ethyl adjacent to an activating group) is 1. The number of ether oxygens (including phenoxy) is 5. The zero-order valence-corrected chi connectivity index (χ0v) is 19.8. The minimum absolute atomic E-state index is 0.0865. The van der Waals surface area contributed by atoms with Gasteiger partial charge in [0, 0.05) is 31.9 Å². The van der Waals surface area contributed by atoms with Crippen LogP contribution in [0.4, 0.5) is 0 Å². The van der Waals surface area contributed by atoms with Gasteiger partial charge in [0.15, 0.2) is 23.7 Å². The summed E-state index contributed by atoms with van der Waals surface area (Å²) in [7, 11) is 3.63. The van der Waals surface area contributed by atoms with E-state index >= 15 is 0 Å². The molecule has 0 radical (unpaired) electrons. The van der Waals surface area contributed by atoms with Crippen LogP contribution in [-0.4, -0.2) is 72.3 Å². The number of cyclic esters (lactones) is 1. The lowest BCUT2D eigenvalue weighted by Gasteiger charge is -2.61. The van der Waals surface area contributed by atoms with Gasteiger partial charge in [0.25, 0.3) is 0 Å². The predicted molar refractivity (Wildman–Crippen MR) is 117 cm³/mol. The van der Waals surface area contributed by atoms with E-state index in [9.17, 15) is 14.7 Å². The van der Waals surface area contributed by atoms with Gasteiger partial charge in [-0.3, -0.25) is 4.79 Å². The van der Waals surface area contributed by atoms with E-state index in [4.69, 9.17) is 23.7 Å². The Bertz CT molecular complexity index is 1130. The summed E-state index contributed by atoms with van der Waals surface area (Å²) in [5, 5.41) is 12.2. The molecular formula is C25H29NO8. The molecule has 9 nitrogen and oxygen atoms in total. The summed E-state index contributed by atoms with van der Waals surface area (Å²) in [4.78, 5) is 27.2. The van der Waals surface area contributed by atoms with Gasteiger partial charge >= 0.3 is 11.9 Å². The van der Waals surface area contributed by atoms with Crippen LogP contribution in [0.3, 0.4) is 0 Å². The van der Waals surface area contributed by atoms with E-state index in [1.54, 1.807) is 27.0 Å². The molecule has 2 bridgehead atoms. The lowest BCUT2D eigenvalue weighted by Crippen LogP contribution is -2.74. The number of rotatable bonds is 4. The van der Waals surface area contributed by atoms with Gasteiger partial charge in [-0.2, -0.15) is 0 Å². The molecule has 3 heterocycles. The van der Waals surface area contributed by atoms with Gasteiger partial charge in [0.05, 0.1) is 24.5 Å². The average Bonchev–Trinajstić information content (AvgIpc) is 3.25. The second-order valence-corrected chi connectivity index (χ2v) is 10.4. The number of likely N-dealkylation sites (tertiary alicyclic amines) is 1. The maximum Gasteiger partial charge on any atom is 0.338 e. The third-order valence-corrected chi connectivity index (χ3v) is 8.18. The molecule has 34 heavy (non-hydrogen) atoms. The Labute approximate surface area is 197 Å². The largest absolute Gasteiger partial charge is 0.493 e. The van der Waals surface area contributed by atoms with Crippen molar-refractivity contribution in [2.45, 2.75) is 74.6 Å². The molecule has 0 amide bonds. The number of nitrogens with zero attached hydrogens (tertiary/aromatic N) is 1. The lowest BCUT2D eigenvalue weighted by atomic mass is 9.50. The summed E-state index contributed by atoms with van der Waals surface area (Å²) in [6, 6.07) is 3.85. The van der Waals surface area contributed by atoms with E-state index in [0.717, 1.165) is 17.7 Å². The molecule has 9 heteroatoms. The fraction of sp³-hybridized carbons (Fsp3) is 0.600. The van der Waals surface area contributed by atoms with E-state index in [2.05, 4.69) is 4.90 Å². The Kier molecular flexibility index (Phi) is 4.48. The molecule has 6 rings (SSSR count). The van der Waals surface area contributed by atoms with Gasteiger partial charge in [-0.05, 0) is 44.1 Å². The lowest BCUT2D eigenvalue weighted by molar-refractivity contribution is -0.171. The van der Waals surface area contributed by atoms with Crippen LogP contribution >= 0.6 is 0 Å². The maximum atomic E-state index is 12.9. The summed E-state index contributed by atoms with van der Waals surface area (Å²) in [6.07, 6.45) is 1.48. The monoisotopic (exact) mass is 471 g/mol. The molecule has 182 valence electrons. The van der Waals surface area contributed by atoms with Crippen molar-refractivity contribution < 1.29 is 38.4 Å². The second-order valence-electron chi connectivity index (χ2n) is 10.4. The van der Waals surface area contributed by atoms with Crippen molar-refractivity contribution >= 4 is 11.9 Å². The maximum absolute atomic E-state index is 12.9. The number of piperidine rings is 1. The van der Waals surface area contributed by atoms with E-state index in [-0.39, 0.29) is 12.5 Å². The highest BCUT2D eigenvalue weighted by Gasteiger charge is 2.72. The Morgan fingerprint density at radius 3 is 2.82 bits per heavy atom. The quantitative estimate of drug-likeness (QED) is 0.656. The first kappa shape index (κ1) is 21.9. The first-order valence-electron chi connectivity index (χ1n) is 11.7. The smallest absolute Gasteiger partial charge is 0.338 e. The van der Waals surface area contributed by atoms with E-state index in [1.807, 2.05) is 19.2 Å². The van der Waals surface area contributed by atoms with Crippen LogP contribution in [0.15, 0.2) is 24.0 Å². The van der Waals surface area contributed by atoms with Gasteiger partial charge in [-0.15, -0.1) is 0 Å². The minimum Gasteiger partial charge on any atom is -0.493 e. The first-order chi connectivity index (χ1) is 16.1. The zero-order valence-electron chi connectivity index (χ0n) is 19.8. The fourth-order valence-corrected chi connectivity index (χ4v) is 6.76. The SMILES string of the molecule is COc1ccc2c3c1O[C@H]1C(OC(=O)CC4OC(C)(C)OC4=O)=CC[C@@]4(O)[C@@H](C2)N(C)CC[C@]314. The summed E-state index contributed by atoms with van der Waals surface area (Å²) in [6.45, 7) is 4.02. The van der Waals surface area contributed by atoms with Crippen LogP contribution in [0.25, 0.3) is 0 Å². The number of aliphatic hydroxyl groups is 1. The summed E-state index contributed by atoms with van der Waals surface area (Å²) in [5.74, 6) is -0.709. The third kappa shape index (κ3) is 2.71. The summed E-state index contributed by atoms with van der Waals surface area (Å²) < 4.78 is 28.5. The first-order valence-corrected chi connectivity index (χ1v) is 11.7. The number of carbonyl (C=O) groups is 2. The van der Waals surface area contributed by atoms with Gasteiger partial charge in [-0.25, -0.2) is 4.79 Å². The Morgan fingerprint density at radius 1 is 1.32 bits per heavy atom. The van der Waals surface area contributed by atoms with Crippen LogP contribution in [0.2, 0.25) is 0 Å². The van der Waals surface area contributed by atoms with Crippen LogP contribution < -0.4 is 9.47 Å². The van der Waals surface area contributed by atoms with Gasteiger partial charge < -0.3 is 33.7 Å². The average molecular weight is 472 g/mol. The van der Waals surface area contributed by atoms with Crippen molar-refractivity contribution in [2.75, 3.05) is 20.7 Å². The van der Waals surface area contributed by atoms with E-state index < -0.39 is 40.9 Å². The molecule has 1 unspecified atom stereocenters. The van der Waals surface area contributed by atoms with Gasteiger partial charge in [0.1, 0.15) is 5.76 Å². The molecular weight excluding hydrogens is 442 g/mol. The fourth-order valence-electron chi connectivity index (χ4n) is 6.76.